The highest BCUT2D eigenvalue weighted by Crippen LogP contribution is 2.26. The molecule has 28 heavy (non-hydrogen) atoms. The third kappa shape index (κ3) is 4.00. The molecule has 4 rings (SSSR count). The highest BCUT2D eigenvalue weighted by atomic mass is 79.9. The normalized spacial score (nSPS) is 19.0. The minimum Gasteiger partial charge on any atom is -0.378 e. The standard InChI is InChI=1S/C18H22BrN5O3S/c19-15-3-1-2-4-16(15)28(25,26)24-9-7-22(8-10-24)17-5-6-20-18(21-17)23-11-13-27-14-12-23/h1-6H,7-14H2. The van der Waals surface area contributed by atoms with E-state index in [1.54, 1.807) is 24.4 Å². The number of ether oxygens (including phenoxy) is 1. The Labute approximate surface area is 173 Å². The van der Waals surface area contributed by atoms with Gasteiger partial charge < -0.3 is 14.5 Å². The molecule has 10 heteroatoms. The molecular weight excluding hydrogens is 446 g/mol. The van der Waals surface area contributed by atoms with Crippen molar-refractivity contribution in [2.45, 2.75) is 4.90 Å². The molecule has 2 aliphatic rings. The highest BCUT2D eigenvalue weighted by Gasteiger charge is 2.30. The minimum atomic E-state index is -3.52. The van der Waals surface area contributed by atoms with Gasteiger partial charge in [0.15, 0.2) is 0 Å². The van der Waals surface area contributed by atoms with Crippen LogP contribution < -0.4 is 9.80 Å². The Balaban J connectivity index is 1.45. The Bertz CT molecular complexity index is 928. The quantitative estimate of drug-likeness (QED) is 0.675. The molecule has 2 aromatic rings. The summed E-state index contributed by atoms with van der Waals surface area (Å²) in [5.74, 6) is 1.53. The van der Waals surface area contributed by atoms with E-state index in [0.717, 1.165) is 18.9 Å². The molecule has 0 radical (unpaired) electrons. The molecule has 2 aliphatic heterocycles. The smallest absolute Gasteiger partial charge is 0.244 e. The summed E-state index contributed by atoms with van der Waals surface area (Å²) in [5.41, 5.74) is 0. The van der Waals surface area contributed by atoms with E-state index in [4.69, 9.17) is 4.74 Å². The van der Waals surface area contributed by atoms with Crippen molar-refractivity contribution in [3.8, 4) is 0 Å². The molecule has 0 N–H and O–H groups in total. The van der Waals surface area contributed by atoms with Gasteiger partial charge in [-0.25, -0.2) is 13.4 Å². The van der Waals surface area contributed by atoms with Gasteiger partial charge in [-0.15, -0.1) is 0 Å². The SMILES string of the molecule is O=S(=O)(c1ccccc1Br)N1CCN(c2ccnc(N3CCOCC3)n2)CC1. The highest BCUT2D eigenvalue weighted by molar-refractivity contribution is 9.10. The number of rotatable bonds is 4. The first-order chi connectivity index (χ1) is 13.6. The molecule has 0 amide bonds. The van der Waals surface area contributed by atoms with Gasteiger partial charge in [-0.1, -0.05) is 12.1 Å². The Morgan fingerprint density at radius 1 is 0.929 bits per heavy atom. The van der Waals surface area contributed by atoms with Crippen molar-refractivity contribution in [2.75, 3.05) is 62.3 Å². The number of hydrogen-bond acceptors (Lipinski definition) is 7. The molecule has 2 saturated heterocycles. The average molecular weight is 468 g/mol. The molecule has 1 aromatic heterocycles. The van der Waals surface area contributed by atoms with Gasteiger partial charge in [-0.2, -0.15) is 9.29 Å². The van der Waals surface area contributed by atoms with Crippen molar-refractivity contribution in [2.24, 2.45) is 0 Å². The summed E-state index contributed by atoms with van der Waals surface area (Å²) < 4.78 is 33.4. The van der Waals surface area contributed by atoms with Crippen LogP contribution in [0.1, 0.15) is 0 Å². The lowest BCUT2D eigenvalue weighted by atomic mass is 10.3. The molecule has 2 fully saturated rings. The number of hydrogen-bond donors (Lipinski definition) is 0. The number of morpholine rings is 1. The molecule has 0 atom stereocenters. The predicted molar refractivity (Wildman–Crippen MR) is 110 cm³/mol. The molecule has 0 aliphatic carbocycles. The summed E-state index contributed by atoms with van der Waals surface area (Å²) in [6.07, 6.45) is 1.76. The lowest BCUT2D eigenvalue weighted by molar-refractivity contribution is 0.122. The zero-order valence-electron chi connectivity index (χ0n) is 15.4. The van der Waals surface area contributed by atoms with Crippen molar-refractivity contribution in [3.63, 3.8) is 0 Å². The second-order valence-corrected chi connectivity index (χ2v) is 9.40. The average Bonchev–Trinajstić information content (AvgIpc) is 2.75. The molecule has 0 unspecified atom stereocenters. The maximum atomic E-state index is 12.9. The van der Waals surface area contributed by atoms with Crippen LogP contribution in [-0.2, 0) is 14.8 Å². The van der Waals surface area contributed by atoms with Crippen LogP contribution in [0.4, 0.5) is 11.8 Å². The van der Waals surface area contributed by atoms with Crippen molar-refractivity contribution in [3.05, 3.63) is 41.0 Å². The Morgan fingerprint density at radius 3 is 2.36 bits per heavy atom. The van der Waals surface area contributed by atoms with E-state index in [2.05, 4.69) is 35.7 Å². The van der Waals surface area contributed by atoms with Crippen LogP contribution in [0.2, 0.25) is 0 Å². The van der Waals surface area contributed by atoms with E-state index in [0.29, 0.717) is 54.7 Å². The number of piperazine rings is 1. The Hall–Kier alpha value is -1.75. The van der Waals surface area contributed by atoms with Gasteiger partial charge in [0.25, 0.3) is 0 Å². The maximum absolute atomic E-state index is 12.9. The van der Waals surface area contributed by atoms with Crippen LogP contribution in [0, 0.1) is 0 Å². The number of benzene rings is 1. The molecular formula is C18H22BrN5O3S. The van der Waals surface area contributed by atoms with Crippen molar-refractivity contribution >= 4 is 37.7 Å². The largest absolute Gasteiger partial charge is 0.378 e. The fourth-order valence-electron chi connectivity index (χ4n) is 3.38. The zero-order valence-corrected chi connectivity index (χ0v) is 17.8. The summed E-state index contributed by atoms with van der Waals surface area (Å²) in [5, 5.41) is 0. The fourth-order valence-corrected chi connectivity index (χ4v) is 5.77. The minimum absolute atomic E-state index is 0.306. The summed E-state index contributed by atoms with van der Waals surface area (Å²) in [6.45, 7) is 4.93. The van der Waals surface area contributed by atoms with Crippen molar-refractivity contribution < 1.29 is 13.2 Å². The zero-order chi connectivity index (χ0) is 19.6. The van der Waals surface area contributed by atoms with E-state index in [-0.39, 0.29) is 0 Å². The van der Waals surface area contributed by atoms with Gasteiger partial charge >= 0.3 is 0 Å². The van der Waals surface area contributed by atoms with Crippen molar-refractivity contribution in [1.29, 1.82) is 0 Å². The second-order valence-electron chi connectivity index (χ2n) is 6.64. The molecule has 0 saturated carbocycles. The van der Waals surface area contributed by atoms with E-state index >= 15 is 0 Å². The lowest BCUT2D eigenvalue weighted by Gasteiger charge is -2.35. The third-order valence-corrected chi connectivity index (χ3v) is 7.85. The number of nitrogens with zero attached hydrogens (tertiary/aromatic N) is 5. The van der Waals surface area contributed by atoms with Crippen LogP contribution in [0.5, 0.6) is 0 Å². The van der Waals surface area contributed by atoms with Crippen molar-refractivity contribution in [1.82, 2.24) is 14.3 Å². The van der Waals surface area contributed by atoms with E-state index in [1.807, 2.05) is 12.1 Å². The van der Waals surface area contributed by atoms with Crippen LogP contribution in [-0.4, -0.2) is 75.2 Å². The summed E-state index contributed by atoms with van der Waals surface area (Å²) in [4.78, 5) is 13.6. The Morgan fingerprint density at radius 2 is 1.64 bits per heavy atom. The summed E-state index contributed by atoms with van der Waals surface area (Å²) in [7, 11) is -3.52. The van der Waals surface area contributed by atoms with Crippen LogP contribution in [0.3, 0.4) is 0 Å². The third-order valence-electron chi connectivity index (χ3n) is 4.94. The molecule has 1 aromatic carbocycles. The maximum Gasteiger partial charge on any atom is 0.244 e. The van der Waals surface area contributed by atoms with Crippen LogP contribution in [0.25, 0.3) is 0 Å². The van der Waals surface area contributed by atoms with E-state index < -0.39 is 10.0 Å². The number of sulfonamides is 1. The van der Waals surface area contributed by atoms with Gasteiger partial charge in [0.1, 0.15) is 5.82 Å². The van der Waals surface area contributed by atoms with Gasteiger partial charge in [-0.05, 0) is 34.1 Å². The van der Waals surface area contributed by atoms with Crippen LogP contribution in [0.15, 0.2) is 45.9 Å². The molecule has 150 valence electrons. The van der Waals surface area contributed by atoms with Gasteiger partial charge in [-0.3, -0.25) is 0 Å². The second kappa shape index (κ2) is 8.32. The number of aromatic nitrogens is 2. The Kier molecular flexibility index (Phi) is 5.81. The first-order valence-electron chi connectivity index (χ1n) is 9.21. The first-order valence-corrected chi connectivity index (χ1v) is 11.4. The van der Waals surface area contributed by atoms with Gasteiger partial charge in [0, 0.05) is 49.9 Å². The molecule has 0 bridgehead atoms. The topological polar surface area (TPSA) is 78.9 Å². The molecule has 0 spiro atoms. The monoisotopic (exact) mass is 467 g/mol. The number of anilines is 2. The lowest BCUT2D eigenvalue weighted by Crippen LogP contribution is -2.49. The molecule has 8 nitrogen and oxygen atoms in total. The number of halogens is 1. The molecule has 3 heterocycles. The van der Waals surface area contributed by atoms with Gasteiger partial charge in [0.05, 0.1) is 18.1 Å². The first kappa shape index (κ1) is 19.6. The van der Waals surface area contributed by atoms with Gasteiger partial charge in [0.2, 0.25) is 16.0 Å². The van der Waals surface area contributed by atoms with E-state index in [1.165, 1.54) is 4.31 Å². The summed E-state index contributed by atoms with van der Waals surface area (Å²) in [6, 6.07) is 8.80. The predicted octanol–water partition coefficient (Wildman–Crippen LogP) is 1.59. The van der Waals surface area contributed by atoms with E-state index in [9.17, 15) is 8.42 Å². The fraction of sp³-hybridized carbons (Fsp3) is 0.444. The summed E-state index contributed by atoms with van der Waals surface area (Å²) >= 11 is 3.35. The van der Waals surface area contributed by atoms with Crippen LogP contribution >= 0.6 is 15.9 Å².